The maximum atomic E-state index is 11.9. The monoisotopic (exact) mass is 222 g/mol. The van der Waals surface area contributed by atoms with E-state index < -0.39 is 11.6 Å². The van der Waals surface area contributed by atoms with Crippen LogP contribution in [-0.2, 0) is 4.79 Å². The molecule has 4 heteroatoms. The van der Waals surface area contributed by atoms with Gasteiger partial charge in [-0.05, 0) is 33.0 Å². The van der Waals surface area contributed by atoms with Crippen LogP contribution in [0.25, 0.3) is 0 Å². The molecule has 0 fully saturated rings. The Bertz CT molecular complexity index is 344. The number of carbonyl (C=O) groups excluding carboxylic acids is 1. The van der Waals surface area contributed by atoms with Crippen LogP contribution in [0.2, 0.25) is 0 Å². The average molecular weight is 222 g/mol. The van der Waals surface area contributed by atoms with Crippen molar-refractivity contribution in [3.63, 3.8) is 0 Å². The van der Waals surface area contributed by atoms with Gasteiger partial charge in [0.25, 0.3) is 0 Å². The maximum Gasteiger partial charge on any atom is 0.244 e. The highest BCUT2D eigenvalue weighted by atomic mass is 16.3. The number of carbonyl (C=O) groups is 1. The van der Waals surface area contributed by atoms with Crippen LogP contribution in [0.15, 0.2) is 30.3 Å². The van der Waals surface area contributed by atoms with Gasteiger partial charge in [-0.1, -0.05) is 18.2 Å². The number of hydrogen-bond donors (Lipinski definition) is 3. The molecule has 3 N–H and O–H groups in total. The van der Waals surface area contributed by atoms with E-state index in [2.05, 4.69) is 10.6 Å². The van der Waals surface area contributed by atoms with E-state index >= 15 is 0 Å². The van der Waals surface area contributed by atoms with Gasteiger partial charge in [0.15, 0.2) is 0 Å². The topological polar surface area (TPSA) is 61.4 Å². The molecule has 0 bridgehead atoms. The van der Waals surface area contributed by atoms with E-state index in [-0.39, 0.29) is 5.91 Å². The fourth-order valence-corrected chi connectivity index (χ4v) is 1.54. The summed E-state index contributed by atoms with van der Waals surface area (Å²) in [5, 5.41) is 15.3. The SMILES string of the molecule is CNC(C(=O)Nc1ccccc1)C(C)(C)O. The summed E-state index contributed by atoms with van der Waals surface area (Å²) in [6, 6.07) is 8.51. The van der Waals surface area contributed by atoms with Gasteiger partial charge in [-0.2, -0.15) is 0 Å². The summed E-state index contributed by atoms with van der Waals surface area (Å²) in [5.41, 5.74) is -0.384. The zero-order valence-electron chi connectivity index (χ0n) is 9.82. The van der Waals surface area contributed by atoms with Crippen LogP contribution in [0.3, 0.4) is 0 Å². The molecule has 0 aliphatic carbocycles. The highest BCUT2D eigenvalue weighted by Gasteiger charge is 2.31. The van der Waals surface area contributed by atoms with E-state index in [0.29, 0.717) is 0 Å². The molecule has 88 valence electrons. The Morgan fingerprint density at radius 3 is 2.31 bits per heavy atom. The van der Waals surface area contributed by atoms with Crippen molar-refractivity contribution >= 4 is 11.6 Å². The first kappa shape index (κ1) is 12.7. The standard InChI is InChI=1S/C12H18N2O2/c1-12(2,16)10(13-3)11(15)14-9-7-5-4-6-8-9/h4-8,10,13,16H,1-3H3,(H,14,15). The first-order valence-electron chi connectivity index (χ1n) is 5.20. The fraction of sp³-hybridized carbons (Fsp3) is 0.417. The Morgan fingerprint density at radius 1 is 1.31 bits per heavy atom. The van der Waals surface area contributed by atoms with Crippen LogP contribution in [-0.4, -0.2) is 29.7 Å². The van der Waals surface area contributed by atoms with Crippen molar-refractivity contribution in [2.45, 2.75) is 25.5 Å². The molecule has 1 amide bonds. The van der Waals surface area contributed by atoms with Gasteiger partial charge in [0.05, 0.1) is 5.60 Å². The van der Waals surface area contributed by atoms with Crippen molar-refractivity contribution in [2.24, 2.45) is 0 Å². The molecule has 0 heterocycles. The third-order valence-electron chi connectivity index (χ3n) is 2.30. The predicted octanol–water partition coefficient (Wildman–Crippen LogP) is 0.984. The normalized spacial score (nSPS) is 13.2. The summed E-state index contributed by atoms with van der Waals surface area (Å²) in [6.45, 7) is 3.19. The Kier molecular flexibility index (Phi) is 4.04. The summed E-state index contributed by atoms with van der Waals surface area (Å²) >= 11 is 0. The van der Waals surface area contributed by atoms with E-state index in [9.17, 15) is 9.90 Å². The van der Waals surface area contributed by atoms with Crippen LogP contribution >= 0.6 is 0 Å². The van der Waals surface area contributed by atoms with Crippen molar-refractivity contribution in [3.05, 3.63) is 30.3 Å². The molecule has 0 saturated heterocycles. The Morgan fingerprint density at radius 2 is 1.88 bits per heavy atom. The number of nitrogens with one attached hydrogen (secondary N) is 2. The Hall–Kier alpha value is -1.39. The van der Waals surface area contributed by atoms with Gasteiger partial charge in [-0.15, -0.1) is 0 Å². The Balaban J connectivity index is 2.71. The van der Waals surface area contributed by atoms with Crippen LogP contribution in [0.5, 0.6) is 0 Å². The predicted molar refractivity (Wildman–Crippen MR) is 64.2 cm³/mol. The lowest BCUT2D eigenvalue weighted by atomic mass is 9.98. The zero-order chi connectivity index (χ0) is 12.2. The van der Waals surface area contributed by atoms with E-state index in [1.807, 2.05) is 18.2 Å². The number of aliphatic hydroxyl groups is 1. The molecule has 0 saturated carbocycles. The van der Waals surface area contributed by atoms with E-state index in [1.54, 1.807) is 33.0 Å². The first-order chi connectivity index (χ1) is 7.45. The molecule has 0 aliphatic rings. The highest BCUT2D eigenvalue weighted by molar-refractivity contribution is 5.95. The zero-order valence-corrected chi connectivity index (χ0v) is 9.82. The van der Waals surface area contributed by atoms with Gasteiger partial charge < -0.3 is 15.7 Å². The van der Waals surface area contributed by atoms with Gasteiger partial charge in [-0.3, -0.25) is 4.79 Å². The minimum absolute atomic E-state index is 0.249. The second-order valence-corrected chi connectivity index (χ2v) is 4.23. The quantitative estimate of drug-likeness (QED) is 0.711. The molecule has 0 aromatic heterocycles. The van der Waals surface area contributed by atoms with Crippen LogP contribution < -0.4 is 10.6 Å². The molecule has 1 unspecified atom stereocenters. The number of para-hydroxylation sites is 1. The molecule has 1 rings (SSSR count). The summed E-state index contributed by atoms with van der Waals surface area (Å²) in [5.74, 6) is -0.249. The molecular weight excluding hydrogens is 204 g/mol. The number of rotatable bonds is 4. The minimum atomic E-state index is -1.10. The molecule has 1 atom stereocenters. The lowest BCUT2D eigenvalue weighted by Crippen LogP contribution is -2.52. The molecule has 16 heavy (non-hydrogen) atoms. The van der Waals surface area contributed by atoms with E-state index in [1.165, 1.54) is 0 Å². The fourth-order valence-electron chi connectivity index (χ4n) is 1.54. The third-order valence-corrected chi connectivity index (χ3v) is 2.30. The third kappa shape index (κ3) is 3.32. The van der Waals surface area contributed by atoms with Gasteiger partial charge in [-0.25, -0.2) is 0 Å². The number of hydrogen-bond acceptors (Lipinski definition) is 3. The molecule has 0 radical (unpaired) electrons. The van der Waals surface area contributed by atoms with Crippen molar-refractivity contribution in [1.82, 2.24) is 5.32 Å². The largest absolute Gasteiger partial charge is 0.388 e. The lowest BCUT2D eigenvalue weighted by molar-refractivity contribution is -0.123. The van der Waals surface area contributed by atoms with Crippen molar-refractivity contribution < 1.29 is 9.90 Å². The van der Waals surface area contributed by atoms with Gasteiger partial charge in [0.2, 0.25) is 5.91 Å². The smallest absolute Gasteiger partial charge is 0.244 e. The number of amides is 1. The lowest BCUT2D eigenvalue weighted by Gasteiger charge is -2.27. The van der Waals surface area contributed by atoms with Crippen LogP contribution in [0.1, 0.15) is 13.8 Å². The van der Waals surface area contributed by atoms with Gasteiger partial charge in [0.1, 0.15) is 6.04 Å². The summed E-state index contributed by atoms with van der Waals surface area (Å²) in [4.78, 5) is 11.9. The Labute approximate surface area is 95.7 Å². The number of benzene rings is 1. The average Bonchev–Trinajstić information content (AvgIpc) is 2.17. The molecule has 4 nitrogen and oxygen atoms in total. The van der Waals surface area contributed by atoms with Crippen LogP contribution in [0, 0.1) is 0 Å². The van der Waals surface area contributed by atoms with Gasteiger partial charge in [0, 0.05) is 5.69 Å². The van der Waals surface area contributed by atoms with Crippen molar-refractivity contribution in [3.8, 4) is 0 Å². The van der Waals surface area contributed by atoms with Crippen LogP contribution in [0.4, 0.5) is 5.69 Å². The maximum absolute atomic E-state index is 11.9. The number of likely N-dealkylation sites (N-methyl/N-ethyl adjacent to an activating group) is 1. The molecule has 0 aliphatic heterocycles. The minimum Gasteiger partial charge on any atom is -0.388 e. The second kappa shape index (κ2) is 5.09. The number of anilines is 1. The van der Waals surface area contributed by atoms with Crippen molar-refractivity contribution in [1.29, 1.82) is 0 Å². The highest BCUT2D eigenvalue weighted by Crippen LogP contribution is 2.12. The first-order valence-corrected chi connectivity index (χ1v) is 5.20. The summed E-state index contributed by atoms with van der Waals surface area (Å²) < 4.78 is 0. The van der Waals surface area contributed by atoms with Gasteiger partial charge >= 0.3 is 0 Å². The van der Waals surface area contributed by atoms with E-state index in [0.717, 1.165) is 5.69 Å². The van der Waals surface area contributed by atoms with Crippen molar-refractivity contribution in [2.75, 3.05) is 12.4 Å². The van der Waals surface area contributed by atoms with E-state index in [4.69, 9.17) is 0 Å². The molecule has 1 aromatic rings. The molecular formula is C12H18N2O2. The molecule has 1 aromatic carbocycles. The summed E-state index contributed by atoms with van der Waals surface area (Å²) in [7, 11) is 1.65. The second-order valence-electron chi connectivity index (χ2n) is 4.23. The molecule has 0 spiro atoms. The summed E-state index contributed by atoms with van der Waals surface area (Å²) in [6.07, 6.45) is 0.